The predicted octanol–water partition coefficient (Wildman–Crippen LogP) is 3.87. The molecule has 2 aliphatic rings. The van der Waals surface area contributed by atoms with Gasteiger partial charge in [-0.05, 0) is 62.8 Å². The van der Waals surface area contributed by atoms with Crippen molar-refractivity contribution < 1.29 is 0 Å². The molecule has 1 unspecified atom stereocenters. The van der Waals surface area contributed by atoms with Crippen LogP contribution in [0.15, 0.2) is 24.3 Å². The predicted molar refractivity (Wildman–Crippen MR) is 85.2 cm³/mol. The van der Waals surface area contributed by atoms with E-state index in [1.165, 1.54) is 50.9 Å². The number of nitrogens with one attached hydrogen (secondary N) is 1. The third-order valence-electron chi connectivity index (χ3n) is 4.80. The van der Waals surface area contributed by atoms with Gasteiger partial charge in [-0.25, -0.2) is 0 Å². The van der Waals surface area contributed by atoms with Crippen LogP contribution in [0.25, 0.3) is 0 Å². The summed E-state index contributed by atoms with van der Waals surface area (Å²) in [6, 6.07) is 9.50. The quantitative estimate of drug-likeness (QED) is 0.886. The fourth-order valence-corrected chi connectivity index (χ4v) is 3.32. The van der Waals surface area contributed by atoms with E-state index < -0.39 is 0 Å². The highest BCUT2D eigenvalue weighted by Gasteiger charge is 2.26. The fraction of sp³-hybridized carbons (Fsp3) is 0.647. The van der Waals surface area contributed by atoms with E-state index in [0.29, 0.717) is 6.04 Å². The molecule has 110 valence electrons. The average Bonchev–Trinajstić information content (AvgIpc) is 3.29. The van der Waals surface area contributed by atoms with Gasteiger partial charge in [0.1, 0.15) is 0 Å². The lowest BCUT2D eigenvalue weighted by molar-refractivity contribution is 0.152. The van der Waals surface area contributed by atoms with Gasteiger partial charge in [0.15, 0.2) is 0 Å². The molecule has 20 heavy (non-hydrogen) atoms. The van der Waals surface area contributed by atoms with Crippen LogP contribution in [0, 0.1) is 5.92 Å². The number of piperidine rings is 1. The highest BCUT2D eigenvalue weighted by Crippen LogP contribution is 2.29. The summed E-state index contributed by atoms with van der Waals surface area (Å²) < 4.78 is 0. The maximum Gasteiger partial charge on any atom is 0.0409 e. The average molecular weight is 293 g/mol. The zero-order valence-corrected chi connectivity index (χ0v) is 13.1. The van der Waals surface area contributed by atoms with E-state index in [0.717, 1.165) is 17.0 Å². The Morgan fingerprint density at radius 3 is 2.65 bits per heavy atom. The van der Waals surface area contributed by atoms with Crippen molar-refractivity contribution in [2.24, 2.45) is 5.92 Å². The Hall–Kier alpha value is -0.570. The molecule has 3 heteroatoms. The molecule has 1 N–H and O–H groups in total. The summed E-state index contributed by atoms with van der Waals surface area (Å²) in [5, 5.41) is 4.59. The Morgan fingerprint density at radius 1 is 1.25 bits per heavy atom. The van der Waals surface area contributed by atoms with Crippen LogP contribution in [0.4, 0.5) is 0 Å². The second-order valence-corrected chi connectivity index (χ2v) is 6.83. The molecule has 0 amide bonds. The minimum absolute atomic E-state index is 0.470. The van der Waals surface area contributed by atoms with Crippen molar-refractivity contribution in [3.05, 3.63) is 34.9 Å². The molecule has 2 fully saturated rings. The van der Waals surface area contributed by atoms with Gasteiger partial charge in [-0.2, -0.15) is 0 Å². The molecule has 0 bridgehead atoms. The first kappa shape index (κ1) is 14.4. The fourth-order valence-electron chi connectivity index (χ4n) is 3.12. The van der Waals surface area contributed by atoms with Gasteiger partial charge >= 0.3 is 0 Å². The Bertz CT molecular complexity index is 436. The number of rotatable bonds is 5. The summed E-state index contributed by atoms with van der Waals surface area (Å²) in [6.07, 6.45) is 5.44. The van der Waals surface area contributed by atoms with Crippen LogP contribution in [-0.4, -0.2) is 30.6 Å². The molecule has 1 saturated carbocycles. The van der Waals surface area contributed by atoms with Crippen molar-refractivity contribution in [3.63, 3.8) is 0 Å². The minimum Gasteiger partial charge on any atom is -0.314 e. The lowest BCUT2D eigenvalue weighted by atomic mass is 10.00. The van der Waals surface area contributed by atoms with E-state index in [1.807, 2.05) is 6.07 Å². The van der Waals surface area contributed by atoms with Crippen molar-refractivity contribution >= 4 is 11.6 Å². The summed E-state index contributed by atoms with van der Waals surface area (Å²) in [5.74, 6) is 0.985. The molecular formula is C17H25ClN2. The number of hydrogen-bond acceptors (Lipinski definition) is 2. The normalized spacial score (nSPS) is 22.9. The molecule has 1 aromatic carbocycles. The van der Waals surface area contributed by atoms with E-state index in [2.05, 4.69) is 35.3 Å². The highest BCUT2D eigenvalue weighted by molar-refractivity contribution is 6.30. The van der Waals surface area contributed by atoms with Gasteiger partial charge in [0.25, 0.3) is 0 Å². The first-order chi connectivity index (χ1) is 9.72. The van der Waals surface area contributed by atoms with Crippen molar-refractivity contribution in [3.8, 4) is 0 Å². The Morgan fingerprint density at radius 2 is 2.00 bits per heavy atom. The van der Waals surface area contributed by atoms with Crippen LogP contribution in [0.1, 0.15) is 44.2 Å². The summed E-state index contributed by atoms with van der Waals surface area (Å²) in [7, 11) is 0. The van der Waals surface area contributed by atoms with E-state index >= 15 is 0 Å². The SMILES string of the molecule is CC(c1cccc(Cl)c1)N1CCC(NCC2CC2)CC1. The van der Waals surface area contributed by atoms with Crippen LogP contribution in [0.5, 0.6) is 0 Å². The third-order valence-corrected chi connectivity index (χ3v) is 5.04. The molecule has 2 nitrogen and oxygen atoms in total. The largest absolute Gasteiger partial charge is 0.314 e. The summed E-state index contributed by atoms with van der Waals surface area (Å²) in [6.45, 7) is 5.92. The molecule has 0 aromatic heterocycles. The molecule has 1 heterocycles. The maximum absolute atomic E-state index is 6.10. The molecule has 1 aliphatic heterocycles. The Balaban J connectivity index is 1.49. The van der Waals surface area contributed by atoms with Crippen molar-refractivity contribution in [2.75, 3.05) is 19.6 Å². The number of hydrogen-bond donors (Lipinski definition) is 1. The van der Waals surface area contributed by atoms with Crippen molar-refractivity contribution in [1.29, 1.82) is 0 Å². The second-order valence-electron chi connectivity index (χ2n) is 6.39. The summed E-state index contributed by atoms with van der Waals surface area (Å²) >= 11 is 6.10. The zero-order valence-electron chi connectivity index (χ0n) is 12.3. The Labute approximate surface area is 127 Å². The van der Waals surface area contributed by atoms with Crippen LogP contribution < -0.4 is 5.32 Å². The van der Waals surface area contributed by atoms with Crippen LogP contribution in [0.3, 0.4) is 0 Å². The monoisotopic (exact) mass is 292 g/mol. The molecule has 0 radical (unpaired) electrons. The number of likely N-dealkylation sites (tertiary alicyclic amines) is 1. The lowest BCUT2D eigenvalue weighted by Gasteiger charge is -2.36. The molecule has 1 aromatic rings. The lowest BCUT2D eigenvalue weighted by Crippen LogP contribution is -2.43. The number of benzene rings is 1. The summed E-state index contributed by atoms with van der Waals surface area (Å²) in [4.78, 5) is 2.58. The molecule has 1 saturated heterocycles. The van der Waals surface area contributed by atoms with Gasteiger partial charge in [-0.3, -0.25) is 4.90 Å². The maximum atomic E-state index is 6.10. The first-order valence-corrected chi connectivity index (χ1v) is 8.33. The van der Waals surface area contributed by atoms with Crippen LogP contribution in [-0.2, 0) is 0 Å². The van der Waals surface area contributed by atoms with Gasteiger partial charge in [0.05, 0.1) is 0 Å². The van der Waals surface area contributed by atoms with E-state index in [9.17, 15) is 0 Å². The number of halogens is 1. The van der Waals surface area contributed by atoms with Gasteiger partial charge in [-0.1, -0.05) is 23.7 Å². The van der Waals surface area contributed by atoms with Crippen molar-refractivity contribution in [1.82, 2.24) is 10.2 Å². The number of nitrogens with zero attached hydrogens (tertiary/aromatic N) is 1. The Kier molecular flexibility index (Phi) is 4.65. The molecule has 1 aliphatic carbocycles. The summed E-state index contributed by atoms with van der Waals surface area (Å²) in [5.41, 5.74) is 1.34. The minimum atomic E-state index is 0.470. The third kappa shape index (κ3) is 3.75. The van der Waals surface area contributed by atoms with Gasteiger partial charge in [0, 0.05) is 30.2 Å². The van der Waals surface area contributed by atoms with Gasteiger partial charge < -0.3 is 5.32 Å². The van der Waals surface area contributed by atoms with Crippen LogP contribution >= 0.6 is 11.6 Å². The van der Waals surface area contributed by atoms with E-state index in [4.69, 9.17) is 11.6 Å². The van der Waals surface area contributed by atoms with E-state index in [1.54, 1.807) is 0 Å². The first-order valence-electron chi connectivity index (χ1n) is 7.95. The van der Waals surface area contributed by atoms with Crippen molar-refractivity contribution in [2.45, 2.75) is 44.7 Å². The van der Waals surface area contributed by atoms with Crippen LogP contribution in [0.2, 0.25) is 5.02 Å². The van der Waals surface area contributed by atoms with E-state index in [-0.39, 0.29) is 0 Å². The topological polar surface area (TPSA) is 15.3 Å². The zero-order chi connectivity index (χ0) is 13.9. The standard InChI is InChI=1S/C17H25ClN2/c1-13(15-3-2-4-16(18)11-15)20-9-7-17(8-10-20)19-12-14-5-6-14/h2-4,11,13-14,17,19H,5-10,12H2,1H3. The van der Waals surface area contributed by atoms with Gasteiger partial charge in [0.2, 0.25) is 0 Å². The molecular weight excluding hydrogens is 268 g/mol. The molecule has 0 spiro atoms. The smallest absolute Gasteiger partial charge is 0.0409 e. The van der Waals surface area contributed by atoms with Gasteiger partial charge in [-0.15, -0.1) is 0 Å². The molecule has 3 rings (SSSR count). The molecule has 1 atom stereocenters. The second kappa shape index (κ2) is 6.46. The highest BCUT2D eigenvalue weighted by atomic mass is 35.5.